The first-order valence-electron chi connectivity index (χ1n) is 6.63. The van der Waals surface area contributed by atoms with Crippen molar-refractivity contribution in [2.24, 2.45) is 5.92 Å². The van der Waals surface area contributed by atoms with Gasteiger partial charge in [0.05, 0.1) is 5.92 Å². The van der Waals surface area contributed by atoms with Crippen molar-refractivity contribution in [2.75, 3.05) is 0 Å². The van der Waals surface area contributed by atoms with E-state index in [0.29, 0.717) is 5.92 Å². The molecule has 2 unspecified atom stereocenters. The van der Waals surface area contributed by atoms with E-state index in [1.54, 1.807) is 0 Å². The molecule has 2 N–H and O–H groups in total. The molecule has 1 aliphatic rings. The summed E-state index contributed by atoms with van der Waals surface area (Å²) in [7, 11) is 0. The molecule has 0 spiro atoms. The maximum atomic E-state index is 10.9. The van der Waals surface area contributed by atoms with Crippen molar-refractivity contribution in [1.82, 2.24) is 5.32 Å². The summed E-state index contributed by atoms with van der Waals surface area (Å²) in [6.07, 6.45) is 1.78. The van der Waals surface area contributed by atoms with Crippen LogP contribution in [0.1, 0.15) is 43.7 Å². The van der Waals surface area contributed by atoms with Gasteiger partial charge in [0.25, 0.3) is 0 Å². The van der Waals surface area contributed by atoms with Gasteiger partial charge in [-0.25, -0.2) is 0 Å². The molecule has 0 amide bonds. The molecule has 1 aliphatic carbocycles. The minimum atomic E-state index is -0.672. The van der Waals surface area contributed by atoms with E-state index in [1.807, 2.05) is 0 Å². The zero-order valence-electron chi connectivity index (χ0n) is 11.0. The van der Waals surface area contributed by atoms with Crippen LogP contribution in [0.25, 0.3) is 0 Å². The highest BCUT2D eigenvalue weighted by Crippen LogP contribution is 2.27. The van der Waals surface area contributed by atoms with E-state index in [-0.39, 0.29) is 12.0 Å². The van der Waals surface area contributed by atoms with E-state index in [2.05, 4.69) is 43.4 Å². The Hall–Kier alpha value is -1.35. The summed E-state index contributed by atoms with van der Waals surface area (Å²) in [4.78, 5) is 10.9. The maximum Gasteiger partial charge on any atom is 0.308 e. The molecule has 0 radical (unpaired) electrons. The van der Waals surface area contributed by atoms with Gasteiger partial charge in [0.1, 0.15) is 0 Å². The summed E-state index contributed by atoms with van der Waals surface area (Å²) in [6.45, 7) is 5.12. The summed E-state index contributed by atoms with van der Waals surface area (Å²) >= 11 is 0. The van der Waals surface area contributed by atoms with E-state index in [1.165, 1.54) is 11.1 Å². The lowest BCUT2D eigenvalue weighted by molar-refractivity contribution is -0.146. The first-order valence-corrected chi connectivity index (χ1v) is 6.63. The van der Waals surface area contributed by atoms with Gasteiger partial charge in [0.15, 0.2) is 0 Å². The van der Waals surface area contributed by atoms with Crippen LogP contribution in [0.5, 0.6) is 0 Å². The molecule has 1 saturated carbocycles. The molecule has 0 aromatic heterocycles. The molecule has 1 aromatic carbocycles. The average Bonchev–Trinajstić information content (AvgIpc) is 2.27. The number of rotatable bonds is 5. The quantitative estimate of drug-likeness (QED) is 0.841. The molecule has 0 aliphatic heterocycles. The Balaban J connectivity index is 1.85. The molecule has 0 bridgehead atoms. The highest BCUT2D eigenvalue weighted by molar-refractivity contribution is 5.72. The molecule has 0 saturated heterocycles. The van der Waals surface area contributed by atoms with Crippen LogP contribution >= 0.6 is 0 Å². The Morgan fingerprint density at radius 2 is 2.00 bits per heavy atom. The Bertz CT molecular complexity index is 411. The van der Waals surface area contributed by atoms with E-state index in [4.69, 9.17) is 5.11 Å². The number of carboxylic acids is 1. The number of nitrogens with one attached hydrogen (secondary N) is 1. The summed E-state index contributed by atoms with van der Waals surface area (Å²) in [5.41, 5.74) is 2.56. The second kappa shape index (κ2) is 5.53. The largest absolute Gasteiger partial charge is 0.481 e. The van der Waals surface area contributed by atoms with Crippen LogP contribution in [0.3, 0.4) is 0 Å². The minimum absolute atomic E-state index is 0.146. The smallest absolute Gasteiger partial charge is 0.308 e. The molecule has 2 rings (SSSR count). The first-order chi connectivity index (χ1) is 8.58. The van der Waals surface area contributed by atoms with Gasteiger partial charge in [-0.05, 0) is 29.9 Å². The van der Waals surface area contributed by atoms with Gasteiger partial charge in [-0.15, -0.1) is 0 Å². The molecule has 98 valence electrons. The SMILES string of the molecule is CC(C)c1ccc(CNC2CCC2C(=O)O)cc1. The number of hydrogen-bond acceptors (Lipinski definition) is 2. The van der Waals surface area contributed by atoms with Crippen molar-refractivity contribution in [1.29, 1.82) is 0 Å². The van der Waals surface area contributed by atoms with Crippen molar-refractivity contribution in [2.45, 2.75) is 45.2 Å². The second-order valence-corrected chi connectivity index (χ2v) is 5.41. The highest BCUT2D eigenvalue weighted by atomic mass is 16.4. The molecule has 18 heavy (non-hydrogen) atoms. The lowest BCUT2D eigenvalue weighted by atomic mass is 9.79. The van der Waals surface area contributed by atoms with Crippen molar-refractivity contribution in [3.63, 3.8) is 0 Å². The van der Waals surface area contributed by atoms with Gasteiger partial charge in [0, 0.05) is 12.6 Å². The third kappa shape index (κ3) is 2.91. The molecule has 3 heteroatoms. The van der Waals surface area contributed by atoms with E-state index in [9.17, 15) is 4.79 Å². The van der Waals surface area contributed by atoms with Gasteiger partial charge in [-0.3, -0.25) is 4.79 Å². The summed E-state index contributed by atoms with van der Waals surface area (Å²) in [6, 6.07) is 8.69. The van der Waals surface area contributed by atoms with Gasteiger partial charge < -0.3 is 10.4 Å². The van der Waals surface area contributed by atoms with Crippen molar-refractivity contribution in [3.05, 3.63) is 35.4 Å². The van der Waals surface area contributed by atoms with E-state index < -0.39 is 5.97 Å². The number of carboxylic acid groups (broad SMARTS) is 1. The molecule has 0 heterocycles. The summed E-state index contributed by atoms with van der Waals surface area (Å²) < 4.78 is 0. The summed E-state index contributed by atoms with van der Waals surface area (Å²) in [5.74, 6) is -0.316. The van der Waals surface area contributed by atoms with Crippen LogP contribution in [-0.2, 0) is 11.3 Å². The first kappa shape index (κ1) is 13.1. The van der Waals surface area contributed by atoms with Crippen molar-refractivity contribution < 1.29 is 9.90 Å². The lowest BCUT2D eigenvalue weighted by Gasteiger charge is -2.34. The predicted octanol–water partition coefficient (Wildman–Crippen LogP) is 2.76. The minimum Gasteiger partial charge on any atom is -0.481 e. The molecule has 2 atom stereocenters. The van der Waals surface area contributed by atoms with Gasteiger partial charge >= 0.3 is 5.97 Å². The van der Waals surface area contributed by atoms with Crippen LogP contribution in [0.2, 0.25) is 0 Å². The van der Waals surface area contributed by atoms with Crippen LogP contribution in [0, 0.1) is 5.92 Å². The van der Waals surface area contributed by atoms with Gasteiger partial charge in [-0.2, -0.15) is 0 Å². The second-order valence-electron chi connectivity index (χ2n) is 5.41. The number of carbonyl (C=O) groups is 1. The van der Waals surface area contributed by atoms with Crippen LogP contribution in [0.4, 0.5) is 0 Å². The Morgan fingerprint density at radius 3 is 2.44 bits per heavy atom. The summed E-state index contributed by atoms with van der Waals surface area (Å²) in [5, 5.41) is 12.3. The van der Waals surface area contributed by atoms with Gasteiger partial charge in [-0.1, -0.05) is 38.1 Å². The topological polar surface area (TPSA) is 49.3 Å². The molecule has 3 nitrogen and oxygen atoms in total. The molecular weight excluding hydrogens is 226 g/mol. The Labute approximate surface area is 108 Å². The fraction of sp³-hybridized carbons (Fsp3) is 0.533. The number of hydrogen-bond donors (Lipinski definition) is 2. The van der Waals surface area contributed by atoms with Crippen molar-refractivity contribution in [3.8, 4) is 0 Å². The standard InChI is InChI=1S/C15H21NO2/c1-10(2)12-5-3-11(4-6-12)9-16-14-8-7-13(14)15(17)18/h3-6,10,13-14,16H,7-9H2,1-2H3,(H,17,18). The molecular formula is C15H21NO2. The zero-order chi connectivity index (χ0) is 13.1. The number of benzene rings is 1. The maximum absolute atomic E-state index is 10.9. The normalized spacial score (nSPS) is 22.8. The third-order valence-corrected chi connectivity index (χ3v) is 3.81. The fourth-order valence-corrected chi connectivity index (χ4v) is 2.31. The van der Waals surface area contributed by atoms with Gasteiger partial charge in [0.2, 0.25) is 0 Å². The van der Waals surface area contributed by atoms with E-state index >= 15 is 0 Å². The third-order valence-electron chi connectivity index (χ3n) is 3.81. The Kier molecular flexibility index (Phi) is 4.02. The highest BCUT2D eigenvalue weighted by Gasteiger charge is 2.35. The predicted molar refractivity (Wildman–Crippen MR) is 71.5 cm³/mol. The van der Waals surface area contributed by atoms with E-state index in [0.717, 1.165) is 19.4 Å². The van der Waals surface area contributed by atoms with Crippen molar-refractivity contribution >= 4 is 5.97 Å². The molecule has 1 aromatic rings. The molecule has 1 fully saturated rings. The van der Waals surface area contributed by atoms with Crippen LogP contribution < -0.4 is 5.32 Å². The Morgan fingerprint density at radius 1 is 1.33 bits per heavy atom. The lowest BCUT2D eigenvalue weighted by Crippen LogP contribution is -2.47. The number of aliphatic carboxylic acids is 1. The van der Waals surface area contributed by atoms with Crippen LogP contribution in [-0.4, -0.2) is 17.1 Å². The average molecular weight is 247 g/mol. The van der Waals surface area contributed by atoms with Crippen LogP contribution in [0.15, 0.2) is 24.3 Å². The monoisotopic (exact) mass is 247 g/mol. The zero-order valence-corrected chi connectivity index (χ0v) is 11.0. The fourth-order valence-electron chi connectivity index (χ4n) is 2.31.